The summed E-state index contributed by atoms with van der Waals surface area (Å²) in [5.41, 5.74) is 2.66. The van der Waals surface area contributed by atoms with E-state index in [1.54, 1.807) is 34.8 Å². The number of anilines is 2. The Morgan fingerprint density at radius 3 is 2.81 bits per heavy atom. The van der Waals surface area contributed by atoms with Gasteiger partial charge >= 0.3 is 0 Å². The molecule has 3 heterocycles. The minimum atomic E-state index is -0.453. The van der Waals surface area contributed by atoms with Crippen LogP contribution in [-0.2, 0) is 11.8 Å². The van der Waals surface area contributed by atoms with Crippen molar-refractivity contribution in [2.45, 2.75) is 13.0 Å². The molecule has 3 aromatic rings. The summed E-state index contributed by atoms with van der Waals surface area (Å²) in [6.45, 7) is 1.85. The molecule has 1 aliphatic rings. The van der Waals surface area contributed by atoms with Crippen molar-refractivity contribution < 1.29 is 9.53 Å². The maximum Gasteiger partial charge on any atom is 0.256 e. The third-order valence-corrected chi connectivity index (χ3v) is 4.53. The van der Waals surface area contributed by atoms with E-state index in [0.29, 0.717) is 28.7 Å². The van der Waals surface area contributed by atoms with Crippen LogP contribution in [0.4, 0.5) is 11.6 Å². The second kappa shape index (κ2) is 6.60. The van der Waals surface area contributed by atoms with Crippen LogP contribution in [0.1, 0.15) is 18.7 Å². The lowest BCUT2D eigenvalue weighted by Crippen LogP contribution is -2.32. The van der Waals surface area contributed by atoms with Crippen molar-refractivity contribution in [2.24, 2.45) is 7.05 Å². The van der Waals surface area contributed by atoms with Gasteiger partial charge in [-0.05, 0) is 25.1 Å². The number of carbonyl (C=O) groups excluding carboxylic acids is 1. The Kier molecular flexibility index (Phi) is 4.11. The molecule has 0 spiro atoms. The van der Waals surface area contributed by atoms with Crippen molar-refractivity contribution >= 4 is 17.5 Å². The molecule has 1 amide bonds. The molecule has 1 aromatic carbocycles. The molecule has 0 radical (unpaired) electrons. The summed E-state index contributed by atoms with van der Waals surface area (Å²) in [6, 6.07) is 8.69. The van der Waals surface area contributed by atoms with Crippen molar-refractivity contribution in [1.29, 1.82) is 0 Å². The third kappa shape index (κ3) is 2.82. The number of hydrogen-bond donors (Lipinski definition) is 2. The molecule has 2 aromatic heterocycles. The smallest absolute Gasteiger partial charge is 0.256 e. The number of benzene rings is 1. The number of aryl methyl sites for hydroxylation is 1. The number of hydrogen-bond acceptors (Lipinski definition) is 6. The van der Waals surface area contributed by atoms with Gasteiger partial charge in [0.2, 0.25) is 5.95 Å². The Bertz CT molecular complexity index is 1030. The van der Waals surface area contributed by atoms with Crippen LogP contribution in [0.3, 0.4) is 0 Å². The molecule has 1 aliphatic heterocycles. The largest absolute Gasteiger partial charge is 0.495 e. The number of fused-ring (bicyclic) bond motifs is 1. The number of rotatable bonds is 4. The highest BCUT2D eigenvalue weighted by atomic mass is 16.5. The molecule has 0 aliphatic carbocycles. The zero-order chi connectivity index (χ0) is 19.0. The molecule has 9 heteroatoms. The zero-order valence-electron chi connectivity index (χ0n) is 15.2. The van der Waals surface area contributed by atoms with Crippen LogP contribution in [-0.4, -0.2) is 37.6 Å². The van der Waals surface area contributed by atoms with Crippen LogP contribution in [0.5, 0.6) is 5.75 Å². The number of allylic oxidation sites excluding steroid dienone is 1. The number of nitrogens with one attached hydrogen (secondary N) is 2. The fraction of sp³-hybridized carbons (Fsp3) is 0.222. The zero-order valence-corrected chi connectivity index (χ0v) is 15.2. The number of carbonyl (C=O) groups is 1. The molecule has 0 unspecified atom stereocenters. The molecule has 0 saturated carbocycles. The summed E-state index contributed by atoms with van der Waals surface area (Å²) in [5.74, 6) is 0.913. The highest BCUT2D eigenvalue weighted by molar-refractivity contribution is 6.06. The number of nitrogens with zero attached hydrogens (tertiary/aromatic N) is 5. The van der Waals surface area contributed by atoms with Crippen LogP contribution in [0.25, 0.3) is 0 Å². The van der Waals surface area contributed by atoms with Gasteiger partial charge in [-0.15, -0.1) is 0 Å². The van der Waals surface area contributed by atoms with Gasteiger partial charge in [0, 0.05) is 18.9 Å². The molecule has 4 rings (SSSR count). The Morgan fingerprint density at radius 1 is 1.26 bits per heavy atom. The van der Waals surface area contributed by atoms with Crippen molar-refractivity contribution in [3.63, 3.8) is 0 Å². The van der Waals surface area contributed by atoms with Crippen LogP contribution in [0.2, 0.25) is 0 Å². The SMILES string of the molecule is COc1ccccc1NC(=O)C1=C(C)Nc2ncnn2[C@H]1c1ccnn1C. The predicted octanol–water partition coefficient (Wildman–Crippen LogP) is 1.95. The van der Waals surface area contributed by atoms with Crippen LogP contribution in [0, 0.1) is 0 Å². The van der Waals surface area contributed by atoms with Gasteiger partial charge in [-0.1, -0.05) is 12.1 Å². The average molecular weight is 365 g/mol. The van der Waals surface area contributed by atoms with Crippen LogP contribution in [0.15, 0.2) is 54.1 Å². The van der Waals surface area contributed by atoms with Gasteiger partial charge in [-0.3, -0.25) is 9.48 Å². The molecule has 1 atom stereocenters. The van der Waals surface area contributed by atoms with E-state index in [0.717, 1.165) is 5.69 Å². The minimum Gasteiger partial charge on any atom is -0.495 e. The molecule has 0 fully saturated rings. The summed E-state index contributed by atoms with van der Waals surface area (Å²) in [5, 5.41) is 14.6. The Morgan fingerprint density at radius 2 is 2.07 bits per heavy atom. The number of methoxy groups -OCH3 is 1. The highest BCUT2D eigenvalue weighted by Crippen LogP contribution is 2.35. The Labute approximate surface area is 155 Å². The number of amides is 1. The quantitative estimate of drug-likeness (QED) is 0.733. The van der Waals surface area contributed by atoms with Gasteiger partial charge in [-0.25, -0.2) is 4.68 Å². The molecular formula is C18H19N7O2. The maximum atomic E-state index is 13.2. The van der Waals surface area contributed by atoms with Gasteiger partial charge < -0.3 is 15.4 Å². The first-order valence-corrected chi connectivity index (χ1v) is 8.39. The molecule has 0 bridgehead atoms. The van der Waals surface area contributed by atoms with E-state index in [4.69, 9.17) is 4.74 Å². The highest BCUT2D eigenvalue weighted by Gasteiger charge is 2.35. The normalized spacial score (nSPS) is 15.9. The van der Waals surface area contributed by atoms with E-state index in [1.165, 1.54) is 6.33 Å². The van der Waals surface area contributed by atoms with Gasteiger partial charge in [0.25, 0.3) is 5.91 Å². The third-order valence-electron chi connectivity index (χ3n) is 4.53. The lowest BCUT2D eigenvalue weighted by Gasteiger charge is -2.28. The Balaban J connectivity index is 1.77. The lowest BCUT2D eigenvalue weighted by molar-refractivity contribution is -0.113. The molecule has 138 valence electrons. The average Bonchev–Trinajstić information content (AvgIpc) is 3.29. The van der Waals surface area contributed by atoms with E-state index in [9.17, 15) is 4.79 Å². The fourth-order valence-corrected chi connectivity index (χ4v) is 3.25. The van der Waals surface area contributed by atoms with Crippen molar-refractivity contribution in [3.8, 4) is 5.75 Å². The van der Waals surface area contributed by atoms with Gasteiger partial charge in [0.15, 0.2) is 0 Å². The van der Waals surface area contributed by atoms with E-state index in [2.05, 4.69) is 25.8 Å². The minimum absolute atomic E-state index is 0.253. The number of aromatic nitrogens is 5. The first kappa shape index (κ1) is 16.8. The summed E-state index contributed by atoms with van der Waals surface area (Å²) in [4.78, 5) is 17.5. The fourth-order valence-electron chi connectivity index (χ4n) is 3.25. The van der Waals surface area contributed by atoms with Crippen LogP contribution >= 0.6 is 0 Å². The number of ether oxygens (including phenoxy) is 1. The van der Waals surface area contributed by atoms with Crippen molar-refractivity contribution in [3.05, 3.63) is 59.8 Å². The molecule has 2 N–H and O–H groups in total. The summed E-state index contributed by atoms with van der Waals surface area (Å²) in [7, 11) is 3.40. The monoisotopic (exact) mass is 365 g/mol. The van der Waals surface area contributed by atoms with Gasteiger partial charge in [0.1, 0.15) is 18.1 Å². The second-order valence-electron chi connectivity index (χ2n) is 6.13. The summed E-state index contributed by atoms with van der Waals surface area (Å²) in [6.07, 6.45) is 3.15. The van der Waals surface area contributed by atoms with E-state index in [-0.39, 0.29) is 5.91 Å². The van der Waals surface area contributed by atoms with Crippen molar-refractivity contribution in [1.82, 2.24) is 24.5 Å². The maximum absolute atomic E-state index is 13.2. The molecular weight excluding hydrogens is 346 g/mol. The Hall–Kier alpha value is -3.62. The first-order valence-electron chi connectivity index (χ1n) is 8.39. The van der Waals surface area contributed by atoms with Crippen molar-refractivity contribution in [2.75, 3.05) is 17.7 Å². The van der Waals surface area contributed by atoms with Crippen LogP contribution < -0.4 is 15.4 Å². The van der Waals surface area contributed by atoms with E-state index >= 15 is 0 Å². The second-order valence-corrected chi connectivity index (χ2v) is 6.13. The summed E-state index contributed by atoms with van der Waals surface area (Å²) >= 11 is 0. The molecule has 27 heavy (non-hydrogen) atoms. The van der Waals surface area contributed by atoms with Gasteiger partial charge in [0.05, 0.1) is 24.1 Å². The van der Waals surface area contributed by atoms with Gasteiger partial charge in [-0.2, -0.15) is 15.2 Å². The standard InChI is InChI=1S/C18H19N7O2/c1-11-15(17(26)23-12-6-4-5-7-14(12)27-3)16(13-8-9-20-24(13)2)25-18(22-11)19-10-21-25/h4-10,16H,1-3H3,(H,23,26)(H,19,21,22)/t16-/m0/s1. The van der Waals surface area contributed by atoms with E-state index in [1.807, 2.05) is 32.2 Å². The predicted molar refractivity (Wildman–Crippen MR) is 99.3 cm³/mol. The van der Waals surface area contributed by atoms with E-state index < -0.39 is 6.04 Å². The first-order chi connectivity index (χ1) is 13.1. The molecule has 9 nitrogen and oxygen atoms in total. The topological polar surface area (TPSA) is 98.9 Å². The molecule has 0 saturated heterocycles. The lowest BCUT2D eigenvalue weighted by atomic mass is 9.99. The summed E-state index contributed by atoms with van der Waals surface area (Å²) < 4.78 is 8.74. The number of para-hydroxylation sites is 2.